The van der Waals surface area contributed by atoms with E-state index in [0.717, 1.165) is 36.2 Å². The average molecular weight is 421 g/mol. The van der Waals surface area contributed by atoms with Crippen molar-refractivity contribution >= 4 is 22.8 Å². The molecular weight excluding hydrogens is 392 g/mol. The number of carbonyl (C=O) groups is 1. The summed E-state index contributed by atoms with van der Waals surface area (Å²) in [5.41, 5.74) is 2.26. The Morgan fingerprint density at radius 2 is 2.00 bits per heavy atom. The normalized spacial score (nSPS) is 16.5. The summed E-state index contributed by atoms with van der Waals surface area (Å²) < 4.78 is 5.65. The summed E-state index contributed by atoms with van der Waals surface area (Å²) >= 11 is 0. The number of nitrogens with one attached hydrogen (secondary N) is 2. The third kappa shape index (κ3) is 5.05. The van der Waals surface area contributed by atoms with Gasteiger partial charge in [0.25, 0.3) is 5.56 Å². The fourth-order valence-electron chi connectivity index (χ4n) is 3.91. The zero-order valence-corrected chi connectivity index (χ0v) is 17.9. The summed E-state index contributed by atoms with van der Waals surface area (Å²) in [7, 11) is 0. The Morgan fingerprint density at radius 1 is 1.23 bits per heavy atom. The number of piperidine rings is 1. The van der Waals surface area contributed by atoms with E-state index in [2.05, 4.69) is 15.3 Å². The minimum absolute atomic E-state index is 0.00410. The van der Waals surface area contributed by atoms with Crippen molar-refractivity contribution in [2.45, 2.75) is 39.3 Å². The van der Waals surface area contributed by atoms with Crippen molar-refractivity contribution in [3.05, 3.63) is 64.4 Å². The topological polar surface area (TPSA) is 87.3 Å². The van der Waals surface area contributed by atoms with Crippen molar-refractivity contribution in [3.63, 3.8) is 0 Å². The zero-order chi connectivity index (χ0) is 21.8. The maximum Gasteiger partial charge on any atom is 0.291 e. The first-order chi connectivity index (χ1) is 15.0. The number of anilines is 1. The lowest BCUT2D eigenvalue weighted by atomic mass is 9.97. The number of benzene rings is 2. The molecule has 0 bridgehead atoms. The first kappa shape index (κ1) is 20.9. The monoisotopic (exact) mass is 420 g/mol. The van der Waals surface area contributed by atoms with Crippen LogP contribution in [0.25, 0.3) is 11.0 Å². The van der Waals surface area contributed by atoms with Gasteiger partial charge in [0.15, 0.2) is 5.82 Å². The predicted molar refractivity (Wildman–Crippen MR) is 121 cm³/mol. The number of aromatic amines is 1. The van der Waals surface area contributed by atoms with E-state index < -0.39 is 0 Å². The van der Waals surface area contributed by atoms with Crippen LogP contribution >= 0.6 is 0 Å². The van der Waals surface area contributed by atoms with Crippen LogP contribution in [0.1, 0.15) is 32.3 Å². The minimum Gasteiger partial charge on any atom is -0.491 e. The van der Waals surface area contributed by atoms with E-state index in [0.29, 0.717) is 24.4 Å². The highest BCUT2D eigenvalue weighted by Crippen LogP contribution is 2.21. The van der Waals surface area contributed by atoms with E-state index in [-0.39, 0.29) is 23.5 Å². The molecule has 1 aliphatic heterocycles. The standard InChI is InChI=1S/C24H28N4O3/c1-16(2)31-19-11-9-17(10-12-19)14-25-23(29)18-6-5-13-28(15-18)22-24(30)27-21-8-4-3-7-20(21)26-22/h3-4,7-12,16,18H,5-6,13-15H2,1-2H3,(H,25,29)(H,27,30). The summed E-state index contributed by atoms with van der Waals surface area (Å²) in [4.78, 5) is 34.7. The second-order valence-electron chi connectivity index (χ2n) is 8.22. The molecule has 162 valence electrons. The molecular formula is C24H28N4O3. The summed E-state index contributed by atoms with van der Waals surface area (Å²) in [5, 5.41) is 3.03. The van der Waals surface area contributed by atoms with E-state index in [1.165, 1.54) is 0 Å². The Labute approximate surface area is 181 Å². The van der Waals surface area contributed by atoms with Crippen LogP contribution in [-0.4, -0.2) is 35.1 Å². The fraction of sp³-hybridized carbons (Fsp3) is 0.375. The molecule has 4 rings (SSSR count). The highest BCUT2D eigenvalue weighted by Gasteiger charge is 2.27. The highest BCUT2D eigenvalue weighted by atomic mass is 16.5. The van der Waals surface area contributed by atoms with Crippen molar-refractivity contribution in [3.8, 4) is 5.75 Å². The van der Waals surface area contributed by atoms with E-state index in [1.54, 1.807) is 0 Å². The van der Waals surface area contributed by atoms with Gasteiger partial charge in [0.2, 0.25) is 5.91 Å². The molecule has 1 fully saturated rings. The van der Waals surface area contributed by atoms with Crippen LogP contribution < -0.4 is 20.5 Å². The number of fused-ring (bicyclic) bond motifs is 1. The number of hydrogen-bond acceptors (Lipinski definition) is 5. The molecule has 1 unspecified atom stereocenters. The SMILES string of the molecule is CC(C)Oc1ccc(CNC(=O)C2CCCN(c3nc4ccccc4[nH]c3=O)C2)cc1. The molecule has 2 heterocycles. The molecule has 1 aliphatic rings. The Morgan fingerprint density at radius 3 is 2.77 bits per heavy atom. The summed E-state index contributed by atoms with van der Waals surface area (Å²) in [6.45, 7) is 5.65. The molecule has 7 heteroatoms. The van der Waals surface area contributed by atoms with Gasteiger partial charge >= 0.3 is 0 Å². The number of para-hydroxylation sites is 2. The minimum atomic E-state index is -0.219. The van der Waals surface area contributed by atoms with Gasteiger partial charge < -0.3 is 19.9 Å². The van der Waals surface area contributed by atoms with Crippen molar-refractivity contribution in [2.24, 2.45) is 5.92 Å². The van der Waals surface area contributed by atoms with Crippen LogP contribution in [-0.2, 0) is 11.3 Å². The molecule has 2 aromatic carbocycles. The number of nitrogens with zero attached hydrogens (tertiary/aromatic N) is 2. The molecule has 0 aliphatic carbocycles. The number of amides is 1. The van der Waals surface area contributed by atoms with Gasteiger partial charge in [0, 0.05) is 19.6 Å². The van der Waals surface area contributed by atoms with Crippen LogP contribution in [0.3, 0.4) is 0 Å². The van der Waals surface area contributed by atoms with Crippen LogP contribution in [0.2, 0.25) is 0 Å². The van der Waals surface area contributed by atoms with Crippen molar-refractivity contribution < 1.29 is 9.53 Å². The molecule has 1 saturated heterocycles. The number of ether oxygens (including phenoxy) is 1. The Bertz CT molecular complexity index is 1110. The molecule has 31 heavy (non-hydrogen) atoms. The molecule has 1 aromatic heterocycles. The first-order valence-electron chi connectivity index (χ1n) is 10.8. The molecule has 3 aromatic rings. The predicted octanol–water partition coefficient (Wildman–Crippen LogP) is 3.24. The third-order valence-electron chi connectivity index (χ3n) is 5.44. The largest absolute Gasteiger partial charge is 0.491 e. The van der Waals surface area contributed by atoms with E-state index in [9.17, 15) is 9.59 Å². The van der Waals surface area contributed by atoms with Crippen molar-refractivity contribution in [1.29, 1.82) is 0 Å². The molecule has 1 amide bonds. The molecule has 7 nitrogen and oxygen atoms in total. The van der Waals surface area contributed by atoms with Gasteiger partial charge in [-0.3, -0.25) is 9.59 Å². The highest BCUT2D eigenvalue weighted by molar-refractivity contribution is 5.80. The Hall–Kier alpha value is -3.35. The van der Waals surface area contributed by atoms with E-state index in [1.807, 2.05) is 67.3 Å². The number of rotatable bonds is 6. The summed E-state index contributed by atoms with van der Waals surface area (Å²) in [6.07, 6.45) is 1.77. The van der Waals surface area contributed by atoms with Crippen molar-refractivity contribution in [1.82, 2.24) is 15.3 Å². The van der Waals surface area contributed by atoms with Gasteiger partial charge in [-0.2, -0.15) is 0 Å². The van der Waals surface area contributed by atoms with Gasteiger partial charge in [-0.1, -0.05) is 24.3 Å². The molecule has 0 spiro atoms. The fourth-order valence-corrected chi connectivity index (χ4v) is 3.91. The Kier molecular flexibility index (Phi) is 6.21. The van der Waals surface area contributed by atoms with Crippen LogP contribution in [0.4, 0.5) is 5.82 Å². The lowest BCUT2D eigenvalue weighted by Crippen LogP contribution is -2.44. The maximum atomic E-state index is 12.8. The first-order valence-corrected chi connectivity index (χ1v) is 10.8. The van der Waals surface area contributed by atoms with Crippen molar-refractivity contribution in [2.75, 3.05) is 18.0 Å². The van der Waals surface area contributed by atoms with E-state index in [4.69, 9.17) is 4.74 Å². The second kappa shape index (κ2) is 9.20. The summed E-state index contributed by atoms with van der Waals surface area (Å²) in [5.74, 6) is 1.03. The number of aromatic nitrogens is 2. The molecule has 0 saturated carbocycles. The number of carbonyl (C=O) groups excluding carboxylic acids is 1. The molecule has 0 radical (unpaired) electrons. The zero-order valence-electron chi connectivity index (χ0n) is 17.9. The van der Waals surface area contributed by atoms with Gasteiger partial charge in [-0.15, -0.1) is 0 Å². The Balaban J connectivity index is 1.39. The molecule has 2 N–H and O–H groups in total. The number of hydrogen-bond donors (Lipinski definition) is 2. The average Bonchev–Trinajstić information content (AvgIpc) is 2.77. The molecule has 1 atom stereocenters. The van der Waals surface area contributed by atoms with Crippen LogP contribution in [0.15, 0.2) is 53.3 Å². The summed E-state index contributed by atoms with van der Waals surface area (Å²) in [6, 6.07) is 15.2. The lowest BCUT2D eigenvalue weighted by molar-refractivity contribution is -0.125. The lowest BCUT2D eigenvalue weighted by Gasteiger charge is -2.32. The van der Waals surface area contributed by atoms with Gasteiger partial charge in [0.1, 0.15) is 5.75 Å². The van der Waals surface area contributed by atoms with Crippen LogP contribution in [0, 0.1) is 5.92 Å². The number of H-pyrrole nitrogens is 1. The quantitative estimate of drug-likeness (QED) is 0.639. The van der Waals surface area contributed by atoms with Gasteiger partial charge in [0.05, 0.1) is 23.1 Å². The van der Waals surface area contributed by atoms with Gasteiger partial charge in [-0.05, 0) is 56.5 Å². The van der Waals surface area contributed by atoms with E-state index >= 15 is 0 Å². The smallest absolute Gasteiger partial charge is 0.291 e. The second-order valence-corrected chi connectivity index (χ2v) is 8.22. The third-order valence-corrected chi connectivity index (χ3v) is 5.44. The van der Waals surface area contributed by atoms with Gasteiger partial charge in [-0.25, -0.2) is 4.98 Å². The van der Waals surface area contributed by atoms with Crippen LogP contribution in [0.5, 0.6) is 5.75 Å². The maximum absolute atomic E-state index is 12.8.